The summed E-state index contributed by atoms with van der Waals surface area (Å²) in [5.74, 6) is 1.64. The quantitative estimate of drug-likeness (QED) is 0.828. The lowest BCUT2D eigenvalue weighted by molar-refractivity contribution is 0.193. The molecule has 1 atom stereocenters. The highest BCUT2D eigenvalue weighted by atomic mass is 16.5. The van der Waals surface area contributed by atoms with E-state index in [9.17, 15) is 0 Å². The molecule has 16 heavy (non-hydrogen) atoms. The van der Waals surface area contributed by atoms with Gasteiger partial charge in [-0.3, -0.25) is 0 Å². The van der Waals surface area contributed by atoms with Crippen LogP contribution in [0.5, 0.6) is 0 Å². The predicted molar refractivity (Wildman–Crippen MR) is 63.9 cm³/mol. The van der Waals surface area contributed by atoms with Crippen molar-refractivity contribution < 1.29 is 4.74 Å². The van der Waals surface area contributed by atoms with Gasteiger partial charge in [0.1, 0.15) is 5.82 Å². The van der Waals surface area contributed by atoms with Gasteiger partial charge in [-0.2, -0.15) is 4.98 Å². The maximum atomic E-state index is 5.40. The van der Waals surface area contributed by atoms with Gasteiger partial charge in [-0.15, -0.1) is 0 Å². The molecule has 1 N–H and O–H groups in total. The van der Waals surface area contributed by atoms with Crippen molar-refractivity contribution >= 4 is 11.8 Å². The number of aryl methyl sites for hydroxylation is 1. The molecule has 88 valence electrons. The van der Waals surface area contributed by atoms with E-state index in [1.165, 1.54) is 0 Å². The number of rotatable bonds is 3. The van der Waals surface area contributed by atoms with Crippen molar-refractivity contribution in [2.24, 2.45) is 0 Å². The average molecular weight is 222 g/mol. The second-order valence-electron chi connectivity index (χ2n) is 4.08. The Morgan fingerprint density at radius 2 is 2.38 bits per heavy atom. The number of likely N-dealkylation sites (N-methyl/N-ethyl adjacent to an activating group) is 1. The van der Waals surface area contributed by atoms with Gasteiger partial charge < -0.3 is 15.0 Å². The Morgan fingerprint density at radius 1 is 1.56 bits per heavy atom. The summed E-state index contributed by atoms with van der Waals surface area (Å²) in [5, 5.41) is 2.96. The molecule has 1 aromatic rings. The molecule has 0 saturated carbocycles. The molecule has 0 bridgehead atoms. The molecule has 5 nitrogen and oxygen atoms in total. The molecule has 0 spiro atoms. The lowest BCUT2D eigenvalue weighted by Crippen LogP contribution is -2.33. The van der Waals surface area contributed by atoms with E-state index in [0.717, 1.165) is 31.0 Å². The molecule has 1 fully saturated rings. The average Bonchev–Trinajstić information content (AvgIpc) is 2.82. The van der Waals surface area contributed by atoms with Crippen LogP contribution >= 0.6 is 0 Å². The second kappa shape index (κ2) is 4.65. The Balaban J connectivity index is 2.23. The van der Waals surface area contributed by atoms with Crippen LogP contribution < -0.4 is 10.2 Å². The van der Waals surface area contributed by atoms with Gasteiger partial charge in [-0.25, -0.2) is 4.98 Å². The van der Waals surface area contributed by atoms with E-state index < -0.39 is 0 Å². The molecular weight excluding hydrogens is 204 g/mol. The number of hydrogen-bond acceptors (Lipinski definition) is 5. The summed E-state index contributed by atoms with van der Waals surface area (Å²) in [7, 11) is 3.89. The van der Waals surface area contributed by atoms with Gasteiger partial charge in [0, 0.05) is 32.5 Å². The third-order valence-corrected chi connectivity index (χ3v) is 2.96. The number of anilines is 2. The normalized spacial score (nSPS) is 19.8. The Bertz CT molecular complexity index is 363. The molecule has 0 aliphatic carbocycles. The fourth-order valence-corrected chi connectivity index (χ4v) is 1.91. The van der Waals surface area contributed by atoms with Crippen molar-refractivity contribution in [3.05, 3.63) is 11.8 Å². The number of nitrogens with one attached hydrogen (secondary N) is 1. The largest absolute Gasteiger partial charge is 0.379 e. The summed E-state index contributed by atoms with van der Waals surface area (Å²) in [6.07, 6.45) is 2.91. The van der Waals surface area contributed by atoms with Crippen LogP contribution in [0, 0.1) is 6.92 Å². The van der Waals surface area contributed by atoms with Crippen LogP contribution in [0.3, 0.4) is 0 Å². The molecule has 0 amide bonds. The number of aromatic nitrogens is 2. The topological polar surface area (TPSA) is 50.3 Å². The Labute approximate surface area is 95.8 Å². The molecule has 5 heteroatoms. The van der Waals surface area contributed by atoms with Crippen molar-refractivity contribution in [3.8, 4) is 0 Å². The van der Waals surface area contributed by atoms with Crippen LogP contribution in [0.2, 0.25) is 0 Å². The summed E-state index contributed by atoms with van der Waals surface area (Å²) in [4.78, 5) is 10.9. The van der Waals surface area contributed by atoms with E-state index in [-0.39, 0.29) is 0 Å². The molecule has 0 aromatic carbocycles. The minimum absolute atomic E-state index is 0.429. The maximum Gasteiger partial charge on any atom is 0.224 e. The van der Waals surface area contributed by atoms with Gasteiger partial charge in [0.15, 0.2) is 0 Å². The molecule has 1 unspecified atom stereocenters. The van der Waals surface area contributed by atoms with E-state index in [1.54, 1.807) is 0 Å². The van der Waals surface area contributed by atoms with E-state index in [2.05, 4.69) is 27.2 Å². The number of nitrogens with zero attached hydrogens (tertiary/aromatic N) is 3. The highest BCUT2D eigenvalue weighted by Gasteiger charge is 2.22. The molecule has 2 rings (SSSR count). The van der Waals surface area contributed by atoms with Crippen LogP contribution in [0.25, 0.3) is 0 Å². The van der Waals surface area contributed by atoms with Gasteiger partial charge in [0.2, 0.25) is 5.95 Å². The Kier molecular flexibility index (Phi) is 3.24. The fourth-order valence-electron chi connectivity index (χ4n) is 1.91. The van der Waals surface area contributed by atoms with Crippen molar-refractivity contribution in [1.29, 1.82) is 0 Å². The first-order valence-corrected chi connectivity index (χ1v) is 5.54. The summed E-state index contributed by atoms with van der Waals surface area (Å²) in [5.41, 5.74) is 1.09. The summed E-state index contributed by atoms with van der Waals surface area (Å²) < 4.78 is 5.40. The van der Waals surface area contributed by atoms with Gasteiger partial charge in [0.05, 0.1) is 12.6 Å². The maximum absolute atomic E-state index is 5.40. The smallest absolute Gasteiger partial charge is 0.224 e. The first-order valence-electron chi connectivity index (χ1n) is 5.54. The van der Waals surface area contributed by atoms with Crippen LogP contribution in [0.4, 0.5) is 11.8 Å². The summed E-state index contributed by atoms with van der Waals surface area (Å²) >= 11 is 0. The van der Waals surface area contributed by atoms with Gasteiger partial charge in [-0.1, -0.05) is 0 Å². The lowest BCUT2D eigenvalue weighted by atomic mass is 10.2. The highest BCUT2D eigenvalue weighted by molar-refractivity contribution is 5.49. The van der Waals surface area contributed by atoms with Crippen molar-refractivity contribution in [2.45, 2.75) is 19.4 Å². The molecule has 1 aromatic heterocycles. The molecule has 0 radical (unpaired) electrons. The first kappa shape index (κ1) is 11.1. The zero-order valence-electron chi connectivity index (χ0n) is 10.0. The third-order valence-electron chi connectivity index (χ3n) is 2.96. The van der Waals surface area contributed by atoms with E-state index in [4.69, 9.17) is 4.74 Å². The minimum Gasteiger partial charge on any atom is -0.379 e. The van der Waals surface area contributed by atoms with Crippen LogP contribution in [-0.4, -0.2) is 43.3 Å². The van der Waals surface area contributed by atoms with Crippen molar-refractivity contribution in [1.82, 2.24) is 9.97 Å². The Morgan fingerprint density at radius 3 is 3.00 bits per heavy atom. The Hall–Kier alpha value is -1.36. The zero-order chi connectivity index (χ0) is 11.5. The van der Waals surface area contributed by atoms with Gasteiger partial charge in [0.25, 0.3) is 0 Å². The monoisotopic (exact) mass is 222 g/mol. The van der Waals surface area contributed by atoms with E-state index >= 15 is 0 Å². The minimum atomic E-state index is 0.429. The van der Waals surface area contributed by atoms with Gasteiger partial charge in [-0.05, 0) is 13.3 Å². The third kappa shape index (κ3) is 2.09. The summed E-state index contributed by atoms with van der Waals surface area (Å²) in [6, 6.07) is 0.429. The number of ether oxygens (including phenoxy) is 1. The van der Waals surface area contributed by atoms with Crippen molar-refractivity contribution in [2.75, 3.05) is 37.5 Å². The fraction of sp³-hybridized carbons (Fsp3) is 0.636. The van der Waals surface area contributed by atoms with E-state index in [0.29, 0.717) is 12.0 Å². The van der Waals surface area contributed by atoms with E-state index in [1.807, 2.05) is 20.2 Å². The van der Waals surface area contributed by atoms with Crippen LogP contribution in [0.15, 0.2) is 6.20 Å². The summed E-state index contributed by atoms with van der Waals surface area (Å²) in [6.45, 7) is 3.66. The zero-order valence-corrected chi connectivity index (χ0v) is 10.0. The predicted octanol–water partition coefficient (Wildman–Crippen LogP) is 1.05. The highest BCUT2D eigenvalue weighted by Crippen LogP contribution is 2.22. The molecular formula is C11H18N4O. The van der Waals surface area contributed by atoms with Gasteiger partial charge >= 0.3 is 0 Å². The molecule has 1 aliphatic heterocycles. The molecule has 1 saturated heterocycles. The SMILES string of the molecule is CNc1ncc(C)c(N(C)C2CCOC2)n1. The standard InChI is InChI=1S/C11H18N4O/c1-8-6-13-11(12-2)14-10(8)15(3)9-4-5-16-7-9/h6,9H,4-5,7H2,1-3H3,(H,12,13,14). The molecule has 1 aliphatic rings. The first-order chi connectivity index (χ1) is 7.72. The number of hydrogen-bond donors (Lipinski definition) is 1. The van der Waals surface area contributed by atoms with Crippen LogP contribution in [0.1, 0.15) is 12.0 Å². The van der Waals surface area contributed by atoms with Crippen LogP contribution in [-0.2, 0) is 4.74 Å². The second-order valence-corrected chi connectivity index (χ2v) is 4.08. The molecule has 2 heterocycles. The lowest BCUT2D eigenvalue weighted by Gasteiger charge is -2.25. The van der Waals surface area contributed by atoms with Crippen molar-refractivity contribution in [3.63, 3.8) is 0 Å².